The van der Waals surface area contributed by atoms with Crippen LogP contribution in [0.2, 0.25) is 0 Å². The lowest BCUT2D eigenvalue weighted by atomic mass is 10.2. The van der Waals surface area contributed by atoms with Crippen LogP contribution in [0.5, 0.6) is 0 Å². The first-order valence-corrected chi connectivity index (χ1v) is 8.66. The molecule has 1 aliphatic rings. The largest absolute Gasteiger partial charge is 0.305 e. The number of aryl methyl sites for hydroxylation is 1. The van der Waals surface area contributed by atoms with Crippen molar-refractivity contribution in [2.45, 2.75) is 44.3 Å². The average molecular weight is 300 g/mol. The Balaban J connectivity index is 2.36. The van der Waals surface area contributed by atoms with Crippen LogP contribution in [0.1, 0.15) is 26.7 Å². The minimum atomic E-state index is -3.46. The van der Waals surface area contributed by atoms with E-state index in [1.165, 1.54) is 0 Å². The van der Waals surface area contributed by atoms with Gasteiger partial charge < -0.3 is 4.90 Å². The maximum atomic E-state index is 12.9. The van der Waals surface area contributed by atoms with Crippen LogP contribution in [-0.2, 0) is 16.6 Å². The van der Waals surface area contributed by atoms with Crippen LogP contribution in [0.25, 0.3) is 0 Å². The van der Waals surface area contributed by atoms with E-state index >= 15 is 0 Å². The summed E-state index contributed by atoms with van der Waals surface area (Å²) in [6.07, 6.45) is 3.25. The summed E-state index contributed by atoms with van der Waals surface area (Å²) < 4.78 is 29.0. The summed E-state index contributed by atoms with van der Waals surface area (Å²) >= 11 is 0. The van der Waals surface area contributed by atoms with Crippen molar-refractivity contribution in [1.29, 1.82) is 0 Å². The Morgan fingerprint density at radius 3 is 2.75 bits per heavy atom. The molecular weight excluding hydrogens is 276 g/mol. The van der Waals surface area contributed by atoms with E-state index in [0.29, 0.717) is 18.1 Å². The Labute approximate surface area is 121 Å². The van der Waals surface area contributed by atoms with Crippen molar-refractivity contribution in [2.24, 2.45) is 0 Å². The fourth-order valence-electron chi connectivity index (χ4n) is 2.77. The smallest absolute Gasteiger partial charge is 0.260 e. The van der Waals surface area contributed by atoms with Crippen molar-refractivity contribution in [1.82, 2.24) is 19.0 Å². The predicted octanol–water partition coefficient (Wildman–Crippen LogP) is 1.01. The van der Waals surface area contributed by atoms with Crippen LogP contribution in [0.3, 0.4) is 0 Å². The van der Waals surface area contributed by atoms with Gasteiger partial charge in [0.05, 0.1) is 6.20 Å². The third-order valence-corrected chi connectivity index (χ3v) is 5.84. The number of nitrogens with zero attached hydrogens (tertiary/aromatic N) is 4. The molecule has 2 heterocycles. The van der Waals surface area contributed by atoms with Gasteiger partial charge in [0.25, 0.3) is 10.0 Å². The second-order valence-electron chi connectivity index (χ2n) is 5.28. The maximum absolute atomic E-state index is 12.9. The monoisotopic (exact) mass is 300 g/mol. The molecule has 1 aromatic heterocycles. The molecule has 20 heavy (non-hydrogen) atoms. The van der Waals surface area contributed by atoms with Gasteiger partial charge in [-0.2, -0.15) is 9.40 Å². The lowest BCUT2D eigenvalue weighted by molar-refractivity contribution is 0.269. The third-order valence-electron chi connectivity index (χ3n) is 3.87. The van der Waals surface area contributed by atoms with E-state index in [1.807, 2.05) is 13.8 Å². The Hall–Kier alpha value is -0.920. The molecule has 1 fully saturated rings. The molecular formula is C13H24N4O2S. The first-order chi connectivity index (χ1) is 9.50. The average Bonchev–Trinajstić information content (AvgIpc) is 2.82. The summed E-state index contributed by atoms with van der Waals surface area (Å²) in [6.45, 7) is 6.82. The molecule has 0 spiro atoms. The summed E-state index contributed by atoms with van der Waals surface area (Å²) in [5.74, 6) is 0. The van der Waals surface area contributed by atoms with E-state index in [4.69, 9.17) is 0 Å². The van der Waals surface area contributed by atoms with Gasteiger partial charge in [0.2, 0.25) is 0 Å². The van der Waals surface area contributed by atoms with Gasteiger partial charge in [0, 0.05) is 25.7 Å². The Morgan fingerprint density at radius 1 is 1.35 bits per heavy atom. The zero-order chi connectivity index (χ0) is 14.8. The van der Waals surface area contributed by atoms with Gasteiger partial charge in [0.1, 0.15) is 0 Å². The molecule has 0 N–H and O–H groups in total. The van der Waals surface area contributed by atoms with E-state index in [1.54, 1.807) is 21.3 Å². The summed E-state index contributed by atoms with van der Waals surface area (Å²) in [5.41, 5.74) is 0. The maximum Gasteiger partial charge on any atom is 0.260 e. The molecule has 1 aliphatic heterocycles. The molecule has 1 saturated heterocycles. The number of hydrogen-bond acceptors (Lipinski definition) is 4. The van der Waals surface area contributed by atoms with Gasteiger partial charge in [-0.05, 0) is 39.4 Å². The van der Waals surface area contributed by atoms with Crippen LogP contribution < -0.4 is 0 Å². The van der Waals surface area contributed by atoms with Crippen LogP contribution >= 0.6 is 0 Å². The Kier molecular flexibility index (Phi) is 4.82. The molecule has 0 amide bonds. The molecule has 0 aromatic carbocycles. The normalized spacial score (nSPS) is 22.9. The highest BCUT2D eigenvalue weighted by Crippen LogP contribution is 2.22. The molecule has 0 radical (unpaired) electrons. The van der Waals surface area contributed by atoms with Crippen molar-refractivity contribution in [3.05, 3.63) is 12.3 Å². The lowest BCUT2D eigenvalue weighted by Crippen LogP contribution is -2.44. The van der Waals surface area contributed by atoms with Crippen molar-refractivity contribution in [3.63, 3.8) is 0 Å². The molecule has 114 valence electrons. The number of rotatable bonds is 4. The highest BCUT2D eigenvalue weighted by Gasteiger charge is 2.34. The van der Waals surface area contributed by atoms with Crippen molar-refractivity contribution in [2.75, 3.05) is 26.7 Å². The van der Waals surface area contributed by atoms with Crippen LogP contribution in [0.4, 0.5) is 0 Å². The number of aromatic nitrogens is 2. The van der Waals surface area contributed by atoms with E-state index in [0.717, 1.165) is 25.9 Å². The minimum absolute atomic E-state index is 0.0349. The zero-order valence-electron chi connectivity index (χ0n) is 12.5. The molecule has 1 unspecified atom stereocenters. The molecule has 0 bridgehead atoms. The fraction of sp³-hybridized carbons (Fsp3) is 0.769. The fourth-order valence-corrected chi connectivity index (χ4v) is 4.66. The van der Waals surface area contributed by atoms with Crippen molar-refractivity contribution in [3.8, 4) is 0 Å². The van der Waals surface area contributed by atoms with Gasteiger partial charge in [0.15, 0.2) is 5.03 Å². The van der Waals surface area contributed by atoms with E-state index < -0.39 is 10.0 Å². The van der Waals surface area contributed by atoms with Gasteiger partial charge in [-0.1, -0.05) is 6.92 Å². The van der Waals surface area contributed by atoms with Crippen molar-refractivity contribution >= 4 is 10.0 Å². The van der Waals surface area contributed by atoms with Crippen molar-refractivity contribution < 1.29 is 8.42 Å². The van der Waals surface area contributed by atoms with Gasteiger partial charge in [-0.15, -0.1) is 0 Å². The van der Waals surface area contributed by atoms with Crippen LogP contribution in [0, 0.1) is 0 Å². The second-order valence-corrected chi connectivity index (χ2v) is 7.12. The third kappa shape index (κ3) is 2.89. The number of likely N-dealkylation sites (N-methyl/N-ethyl adjacent to an activating group) is 1. The molecule has 1 atom stereocenters. The summed E-state index contributed by atoms with van der Waals surface area (Å²) in [6, 6.07) is 1.63. The predicted molar refractivity (Wildman–Crippen MR) is 78.0 cm³/mol. The highest BCUT2D eigenvalue weighted by molar-refractivity contribution is 7.89. The highest BCUT2D eigenvalue weighted by atomic mass is 32.2. The molecule has 1 aromatic rings. The summed E-state index contributed by atoms with van der Waals surface area (Å²) in [5, 5.41) is 4.39. The standard InChI is InChI=1S/C13H24N4O2S/c1-4-12-11-15(3)9-6-10-17(12)20(18,19)13-7-8-14-16(13)5-2/h7-8,12H,4-6,9-11H2,1-3H3. The molecule has 7 heteroatoms. The topological polar surface area (TPSA) is 58.4 Å². The SMILES string of the molecule is CCC1CN(C)CCCN1S(=O)(=O)c1ccnn1CC. The second kappa shape index (κ2) is 6.24. The van der Waals surface area contributed by atoms with E-state index in [9.17, 15) is 8.42 Å². The van der Waals surface area contributed by atoms with E-state index in [2.05, 4.69) is 17.0 Å². The zero-order valence-corrected chi connectivity index (χ0v) is 13.3. The Morgan fingerprint density at radius 2 is 2.10 bits per heavy atom. The molecule has 2 rings (SSSR count). The number of hydrogen-bond donors (Lipinski definition) is 0. The minimum Gasteiger partial charge on any atom is -0.305 e. The quantitative estimate of drug-likeness (QED) is 0.832. The number of sulfonamides is 1. The van der Waals surface area contributed by atoms with Gasteiger partial charge in [-0.25, -0.2) is 8.42 Å². The van der Waals surface area contributed by atoms with Gasteiger partial charge >= 0.3 is 0 Å². The molecule has 0 saturated carbocycles. The Bertz CT molecular complexity index is 540. The summed E-state index contributed by atoms with van der Waals surface area (Å²) in [7, 11) is -1.41. The first-order valence-electron chi connectivity index (χ1n) is 7.22. The summed E-state index contributed by atoms with van der Waals surface area (Å²) in [4.78, 5) is 2.21. The van der Waals surface area contributed by atoms with Crippen LogP contribution in [0.15, 0.2) is 17.3 Å². The van der Waals surface area contributed by atoms with Crippen LogP contribution in [-0.4, -0.2) is 60.1 Å². The molecule has 6 nitrogen and oxygen atoms in total. The lowest BCUT2D eigenvalue weighted by Gasteiger charge is -2.29. The molecule has 0 aliphatic carbocycles. The van der Waals surface area contributed by atoms with E-state index in [-0.39, 0.29) is 6.04 Å². The van der Waals surface area contributed by atoms with Gasteiger partial charge in [-0.3, -0.25) is 4.68 Å². The first kappa shape index (κ1) is 15.5.